The van der Waals surface area contributed by atoms with Gasteiger partial charge in [0.25, 0.3) is 0 Å². The van der Waals surface area contributed by atoms with Crippen molar-refractivity contribution in [3.8, 4) is 0 Å². The van der Waals surface area contributed by atoms with Gasteiger partial charge in [-0.3, -0.25) is 0 Å². The topological polar surface area (TPSA) is 0 Å². The molecule has 0 N–H and O–H groups in total. The molecule has 0 aliphatic carbocycles. The van der Waals surface area contributed by atoms with Crippen molar-refractivity contribution in [3.63, 3.8) is 0 Å². The molecular weight excluding hydrogens is 328 g/mol. The van der Waals surface area contributed by atoms with Crippen LogP contribution in [0.3, 0.4) is 0 Å². The number of hydrogen-bond donors (Lipinski definition) is 0. The van der Waals surface area contributed by atoms with Crippen molar-refractivity contribution < 1.29 is 17.6 Å². The Morgan fingerprint density at radius 2 is 1.40 bits per heavy atom. The monoisotopic (exact) mass is 350 g/mol. The summed E-state index contributed by atoms with van der Waals surface area (Å²) >= 11 is 0. The predicted molar refractivity (Wildman–Crippen MR) is 93.6 cm³/mol. The Hall–Kier alpha value is -2.10. The van der Waals surface area contributed by atoms with Gasteiger partial charge in [0.2, 0.25) is 0 Å². The summed E-state index contributed by atoms with van der Waals surface area (Å²) in [5.41, 5.74) is 1.78. The molecule has 0 spiro atoms. The Labute approximate surface area is 146 Å². The molecule has 0 aliphatic rings. The molecule has 0 saturated heterocycles. The van der Waals surface area contributed by atoms with Crippen molar-refractivity contribution in [1.82, 2.24) is 0 Å². The Morgan fingerprint density at radius 1 is 0.840 bits per heavy atom. The van der Waals surface area contributed by atoms with Crippen LogP contribution in [0.5, 0.6) is 0 Å². The van der Waals surface area contributed by atoms with Crippen molar-refractivity contribution in [1.29, 1.82) is 0 Å². The maximum absolute atomic E-state index is 13.9. The van der Waals surface area contributed by atoms with Crippen molar-refractivity contribution in [2.24, 2.45) is 0 Å². The van der Waals surface area contributed by atoms with Crippen molar-refractivity contribution in [2.45, 2.75) is 46.0 Å². The molecule has 0 fully saturated rings. The predicted octanol–water partition coefficient (Wildman–Crippen LogP) is 6.72. The number of hydrogen-bond acceptors (Lipinski definition) is 0. The maximum atomic E-state index is 13.9. The molecule has 0 bridgehead atoms. The standard InChI is InChI=1S/C21H22F4/c1-3-5-18(22)21(25)16-10-8-14(9-11-16)6-7-15-12-19(23)17(4-2)20(24)13-15/h8-13H,3-7H2,1-2H3/b21-18-. The second kappa shape index (κ2) is 8.84. The first-order chi connectivity index (χ1) is 12.0. The minimum absolute atomic E-state index is 0.0818. The lowest BCUT2D eigenvalue weighted by Crippen LogP contribution is -1.99. The zero-order chi connectivity index (χ0) is 18.4. The minimum atomic E-state index is -0.826. The average molecular weight is 350 g/mol. The van der Waals surface area contributed by atoms with Gasteiger partial charge in [0, 0.05) is 17.5 Å². The van der Waals surface area contributed by atoms with E-state index in [1.54, 1.807) is 26.0 Å². The second-order valence-corrected chi connectivity index (χ2v) is 6.06. The van der Waals surface area contributed by atoms with E-state index >= 15 is 0 Å². The van der Waals surface area contributed by atoms with E-state index in [-0.39, 0.29) is 17.5 Å². The molecular formula is C21H22F4. The highest BCUT2D eigenvalue weighted by molar-refractivity contribution is 5.61. The van der Waals surface area contributed by atoms with E-state index in [0.717, 1.165) is 5.56 Å². The normalized spacial score (nSPS) is 12.2. The van der Waals surface area contributed by atoms with Gasteiger partial charge in [-0.2, -0.15) is 0 Å². The van der Waals surface area contributed by atoms with Crippen LogP contribution in [0, 0.1) is 11.6 Å². The average Bonchev–Trinajstić information content (AvgIpc) is 2.60. The summed E-state index contributed by atoms with van der Waals surface area (Å²) < 4.78 is 55.0. The van der Waals surface area contributed by atoms with Gasteiger partial charge >= 0.3 is 0 Å². The molecule has 0 nitrogen and oxygen atoms in total. The third kappa shape index (κ3) is 4.94. The summed E-state index contributed by atoms with van der Waals surface area (Å²) in [4.78, 5) is 0. The van der Waals surface area contributed by atoms with Crippen LogP contribution in [-0.4, -0.2) is 0 Å². The molecule has 25 heavy (non-hydrogen) atoms. The van der Waals surface area contributed by atoms with Gasteiger partial charge in [-0.15, -0.1) is 0 Å². The van der Waals surface area contributed by atoms with E-state index in [1.807, 2.05) is 0 Å². The Morgan fingerprint density at radius 3 is 1.92 bits per heavy atom. The zero-order valence-electron chi connectivity index (χ0n) is 14.5. The summed E-state index contributed by atoms with van der Waals surface area (Å²) in [6.07, 6.45) is 1.97. The van der Waals surface area contributed by atoms with E-state index in [1.165, 1.54) is 24.3 Å². The highest BCUT2D eigenvalue weighted by Gasteiger charge is 2.10. The van der Waals surface area contributed by atoms with E-state index in [2.05, 4.69) is 0 Å². The van der Waals surface area contributed by atoms with Crippen molar-refractivity contribution in [3.05, 3.63) is 76.1 Å². The van der Waals surface area contributed by atoms with Crippen LogP contribution in [-0.2, 0) is 19.3 Å². The highest BCUT2D eigenvalue weighted by Crippen LogP contribution is 2.25. The van der Waals surface area contributed by atoms with Crippen LogP contribution in [0.25, 0.3) is 5.83 Å². The SMILES string of the molecule is CCC/C(F)=C(/F)c1ccc(CCc2cc(F)c(CC)c(F)c2)cc1. The van der Waals surface area contributed by atoms with Crippen LogP contribution in [0.2, 0.25) is 0 Å². The zero-order valence-corrected chi connectivity index (χ0v) is 14.5. The fourth-order valence-electron chi connectivity index (χ4n) is 2.73. The van der Waals surface area contributed by atoms with E-state index in [9.17, 15) is 17.6 Å². The summed E-state index contributed by atoms with van der Waals surface area (Å²) in [6.45, 7) is 3.49. The van der Waals surface area contributed by atoms with Gasteiger partial charge < -0.3 is 0 Å². The molecule has 0 radical (unpaired) electrons. The molecule has 0 heterocycles. The lowest BCUT2D eigenvalue weighted by molar-refractivity contribution is 0.555. The fourth-order valence-corrected chi connectivity index (χ4v) is 2.73. The first-order valence-corrected chi connectivity index (χ1v) is 8.56. The minimum Gasteiger partial charge on any atom is -0.209 e. The third-order valence-corrected chi connectivity index (χ3v) is 4.17. The molecule has 2 aromatic carbocycles. The summed E-state index contributed by atoms with van der Waals surface area (Å²) in [6, 6.07) is 9.20. The number of aryl methyl sites for hydroxylation is 2. The number of benzene rings is 2. The van der Waals surface area contributed by atoms with Gasteiger partial charge in [-0.25, -0.2) is 17.6 Å². The second-order valence-electron chi connectivity index (χ2n) is 6.06. The summed E-state index contributed by atoms with van der Waals surface area (Å²) in [5.74, 6) is -2.61. The van der Waals surface area contributed by atoms with Crippen LogP contribution < -0.4 is 0 Å². The van der Waals surface area contributed by atoms with E-state index < -0.39 is 23.3 Å². The van der Waals surface area contributed by atoms with E-state index in [4.69, 9.17) is 0 Å². The summed E-state index contributed by atoms with van der Waals surface area (Å²) in [5, 5.41) is 0. The molecule has 0 aromatic heterocycles. The van der Waals surface area contributed by atoms with Gasteiger partial charge in [0.1, 0.15) is 17.5 Å². The molecule has 0 atom stereocenters. The molecule has 0 amide bonds. The van der Waals surface area contributed by atoms with Crippen molar-refractivity contribution in [2.75, 3.05) is 0 Å². The number of rotatable bonds is 7. The number of allylic oxidation sites excluding steroid dienone is 1. The van der Waals surface area contributed by atoms with Crippen LogP contribution in [0.4, 0.5) is 17.6 Å². The van der Waals surface area contributed by atoms with Gasteiger partial charge in [0.05, 0.1) is 0 Å². The summed E-state index contributed by atoms with van der Waals surface area (Å²) in [7, 11) is 0. The Kier molecular flexibility index (Phi) is 6.80. The molecule has 4 heteroatoms. The third-order valence-electron chi connectivity index (χ3n) is 4.17. The van der Waals surface area contributed by atoms with Crippen LogP contribution in [0.15, 0.2) is 42.2 Å². The number of halogens is 4. The molecule has 0 saturated carbocycles. The van der Waals surface area contributed by atoms with Crippen molar-refractivity contribution >= 4 is 5.83 Å². The van der Waals surface area contributed by atoms with Gasteiger partial charge in [-0.1, -0.05) is 38.1 Å². The lowest BCUT2D eigenvalue weighted by Gasteiger charge is -2.07. The molecule has 2 rings (SSSR count). The molecule has 2 aromatic rings. The smallest absolute Gasteiger partial charge is 0.161 e. The highest BCUT2D eigenvalue weighted by atomic mass is 19.2. The molecule has 0 aliphatic heterocycles. The van der Waals surface area contributed by atoms with Gasteiger partial charge in [-0.05, 0) is 48.9 Å². The van der Waals surface area contributed by atoms with Crippen LogP contribution in [0.1, 0.15) is 48.9 Å². The first kappa shape index (κ1) is 19.2. The molecule has 134 valence electrons. The van der Waals surface area contributed by atoms with Gasteiger partial charge in [0.15, 0.2) is 5.83 Å². The van der Waals surface area contributed by atoms with Crippen LogP contribution >= 0.6 is 0 Å². The Balaban J connectivity index is 2.06. The first-order valence-electron chi connectivity index (χ1n) is 8.56. The molecule has 0 unspecified atom stereocenters. The quantitative estimate of drug-likeness (QED) is 0.486. The Bertz CT molecular complexity index is 722. The maximum Gasteiger partial charge on any atom is 0.161 e. The van der Waals surface area contributed by atoms with E-state index in [0.29, 0.717) is 31.2 Å². The fraction of sp³-hybridized carbons (Fsp3) is 0.333. The lowest BCUT2D eigenvalue weighted by atomic mass is 10.0. The largest absolute Gasteiger partial charge is 0.209 e.